The van der Waals surface area contributed by atoms with Crippen LogP contribution in [0.4, 0.5) is 0 Å². The van der Waals surface area contributed by atoms with Gasteiger partial charge in [0.2, 0.25) is 0 Å². The van der Waals surface area contributed by atoms with E-state index in [2.05, 4.69) is 6.58 Å². The van der Waals surface area contributed by atoms with Crippen molar-refractivity contribution in [1.29, 1.82) is 0 Å². The topological polar surface area (TPSA) is 57.2 Å². The molecule has 105 valence electrons. The van der Waals surface area contributed by atoms with Gasteiger partial charge in [0.15, 0.2) is 0 Å². The van der Waals surface area contributed by atoms with Crippen LogP contribution in [-0.4, -0.2) is 42.5 Å². The van der Waals surface area contributed by atoms with Crippen LogP contribution in [-0.2, 0) is 10.1 Å². The fourth-order valence-electron chi connectivity index (χ4n) is 1.32. The number of benzene rings is 2. The minimum absolute atomic E-state index is 0. The van der Waals surface area contributed by atoms with E-state index in [1.165, 1.54) is 11.6 Å². The number of rotatable bonds is 3. The van der Waals surface area contributed by atoms with Crippen LogP contribution >= 0.6 is 0 Å². The first-order valence-electron chi connectivity index (χ1n) is 5.88. The Balaban J connectivity index is 0.000000390. The van der Waals surface area contributed by atoms with Crippen LogP contribution in [0.2, 0.25) is 0 Å². The minimum Gasteiger partial charge on any atom is -0.744 e. The molecule has 0 aliphatic rings. The third-order valence-electron chi connectivity index (χ3n) is 2.26. The molecule has 0 bridgehead atoms. The molecule has 0 atom stereocenters. The SMILES string of the molecule is C=Cc1ccccc1.O=S(=O)([O-])C=Cc1ccccc1.[Na]. The van der Waals surface area contributed by atoms with E-state index in [4.69, 9.17) is 0 Å². The predicted molar refractivity (Wildman–Crippen MR) is 87.5 cm³/mol. The Bertz CT molecular complexity index is 650. The molecule has 5 heteroatoms. The molecule has 1 radical (unpaired) electrons. The van der Waals surface area contributed by atoms with Gasteiger partial charge in [-0.05, 0) is 17.2 Å². The summed E-state index contributed by atoms with van der Waals surface area (Å²) in [4.78, 5) is 0. The van der Waals surface area contributed by atoms with Crippen molar-refractivity contribution in [2.45, 2.75) is 0 Å². The van der Waals surface area contributed by atoms with Gasteiger partial charge in [-0.1, -0.05) is 73.3 Å². The van der Waals surface area contributed by atoms with Crippen molar-refractivity contribution in [2.24, 2.45) is 0 Å². The second-order valence-corrected chi connectivity index (χ2v) is 5.08. The Labute approximate surface area is 148 Å². The maximum atomic E-state index is 10.2. The van der Waals surface area contributed by atoms with Crippen molar-refractivity contribution in [3.63, 3.8) is 0 Å². The summed E-state index contributed by atoms with van der Waals surface area (Å²) in [7, 11) is -4.25. The van der Waals surface area contributed by atoms with Gasteiger partial charge in [-0.15, -0.1) is 0 Å². The average molecular weight is 310 g/mol. The Morgan fingerprint density at radius 1 is 0.857 bits per heavy atom. The summed E-state index contributed by atoms with van der Waals surface area (Å²) < 4.78 is 30.5. The second-order valence-electron chi connectivity index (χ2n) is 3.82. The van der Waals surface area contributed by atoms with Gasteiger partial charge >= 0.3 is 0 Å². The Morgan fingerprint density at radius 2 is 1.29 bits per heavy atom. The molecule has 0 heterocycles. The summed E-state index contributed by atoms with van der Waals surface area (Å²) in [6.07, 6.45) is 3.10. The zero-order valence-electron chi connectivity index (χ0n) is 11.8. The minimum atomic E-state index is -4.25. The van der Waals surface area contributed by atoms with E-state index in [0.29, 0.717) is 11.0 Å². The molecule has 2 aromatic carbocycles. The summed E-state index contributed by atoms with van der Waals surface area (Å²) in [6.45, 7) is 3.63. The van der Waals surface area contributed by atoms with Gasteiger partial charge in [0.25, 0.3) is 0 Å². The molecular formula is C16H15NaO3S-. The van der Waals surface area contributed by atoms with Gasteiger partial charge < -0.3 is 4.55 Å². The zero-order valence-corrected chi connectivity index (χ0v) is 14.7. The van der Waals surface area contributed by atoms with Gasteiger partial charge in [-0.2, -0.15) is 0 Å². The molecule has 0 N–H and O–H groups in total. The molecule has 0 spiro atoms. The first-order valence-corrected chi connectivity index (χ1v) is 7.35. The molecule has 21 heavy (non-hydrogen) atoms. The van der Waals surface area contributed by atoms with E-state index in [0.717, 1.165) is 0 Å². The summed E-state index contributed by atoms with van der Waals surface area (Å²) in [6, 6.07) is 18.8. The van der Waals surface area contributed by atoms with E-state index in [1.807, 2.05) is 42.5 Å². The maximum Gasteiger partial charge on any atom is 0.117 e. The average Bonchev–Trinajstić information content (AvgIpc) is 2.47. The molecule has 3 nitrogen and oxygen atoms in total. The summed E-state index contributed by atoms with van der Waals surface area (Å²) in [5.74, 6) is 0. The largest absolute Gasteiger partial charge is 0.744 e. The summed E-state index contributed by atoms with van der Waals surface area (Å²) in [5.41, 5.74) is 1.87. The van der Waals surface area contributed by atoms with E-state index in [9.17, 15) is 13.0 Å². The van der Waals surface area contributed by atoms with Gasteiger partial charge in [0.05, 0.1) is 0 Å². The molecule has 0 saturated carbocycles. The van der Waals surface area contributed by atoms with Crippen molar-refractivity contribution in [3.8, 4) is 0 Å². The van der Waals surface area contributed by atoms with Crippen molar-refractivity contribution in [2.75, 3.05) is 0 Å². The zero-order chi connectivity index (χ0) is 14.8. The van der Waals surface area contributed by atoms with Gasteiger partial charge in [-0.3, -0.25) is 0 Å². The van der Waals surface area contributed by atoms with Crippen molar-refractivity contribution in [1.82, 2.24) is 0 Å². The van der Waals surface area contributed by atoms with Crippen LogP contribution in [0.3, 0.4) is 0 Å². The smallest absolute Gasteiger partial charge is 0.117 e. The Kier molecular flexibility index (Phi) is 9.95. The molecule has 0 aliphatic carbocycles. The summed E-state index contributed by atoms with van der Waals surface area (Å²) >= 11 is 0. The normalized spacial score (nSPS) is 10.1. The van der Waals surface area contributed by atoms with E-state index >= 15 is 0 Å². The van der Waals surface area contributed by atoms with Crippen LogP contribution in [0.25, 0.3) is 12.2 Å². The molecular weight excluding hydrogens is 295 g/mol. The summed E-state index contributed by atoms with van der Waals surface area (Å²) in [5, 5.41) is 0.641. The van der Waals surface area contributed by atoms with Gasteiger partial charge in [0, 0.05) is 35.0 Å². The van der Waals surface area contributed by atoms with E-state index in [1.54, 1.807) is 24.3 Å². The standard InChI is InChI=1S/C8H8O3S.C8H8.Na/c9-12(10,11)7-6-8-4-2-1-3-5-8;1-2-8-6-4-3-5-7-8;/h1-7H,(H,9,10,11);2-7H,1H2;/p-1. The molecule has 0 unspecified atom stereocenters. The van der Waals surface area contributed by atoms with E-state index in [-0.39, 0.29) is 29.6 Å². The van der Waals surface area contributed by atoms with Gasteiger partial charge in [0.1, 0.15) is 10.1 Å². The van der Waals surface area contributed by atoms with Crippen molar-refractivity contribution >= 4 is 51.8 Å². The van der Waals surface area contributed by atoms with Crippen LogP contribution in [0, 0.1) is 0 Å². The monoisotopic (exact) mass is 310 g/mol. The van der Waals surface area contributed by atoms with Crippen molar-refractivity contribution < 1.29 is 13.0 Å². The van der Waals surface area contributed by atoms with Crippen LogP contribution in [0.1, 0.15) is 11.1 Å². The van der Waals surface area contributed by atoms with Gasteiger partial charge in [-0.25, -0.2) is 8.42 Å². The van der Waals surface area contributed by atoms with E-state index < -0.39 is 10.1 Å². The number of hydrogen-bond donors (Lipinski definition) is 0. The van der Waals surface area contributed by atoms with Crippen LogP contribution in [0.15, 0.2) is 72.7 Å². The molecule has 0 fully saturated rings. The fraction of sp³-hybridized carbons (Fsp3) is 0. The molecule has 2 aromatic rings. The molecule has 0 aliphatic heterocycles. The van der Waals surface area contributed by atoms with Crippen molar-refractivity contribution in [3.05, 3.63) is 83.8 Å². The Hall–Kier alpha value is -1.17. The molecule has 2 rings (SSSR count). The molecule has 0 aromatic heterocycles. The first kappa shape index (κ1) is 19.8. The molecule has 0 saturated heterocycles. The van der Waals surface area contributed by atoms with Crippen LogP contribution < -0.4 is 0 Å². The fourth-order valence-corrected chi connectivity index (χ4v) is 1.64. The van der Waals surface area contributed by atoms with Crippen LogP contribution in [0.5, 0.6) is 0 Å². The second kappa shape index (κ2) is 10.5. The molecule has 0 amide bonds. The predicted octanol–water partition coefficient (Wildman–Crippen LogP) is 3.15. The third kappa shape index (κ3) is 10.2. The Morgan fingerprint density at radius 3 is 1.62 bits per heavy atom. The maximum absolute atomic E-state index is 10.2. The quantitative estimate of drug-likeness (QED) is 0.646. The third-order valence-corrected chi connectivity index (χ3v) is 2.73. The first-order chi connectivity index (χ1) is 9.51. The number of hydrogen-bond acceptors (Lipinski definition) is 3.